The molecular weight excluding hydrogens is 338 g/mol. The van der Waals surface area contributed by atoms with Crippen molar-refractivity contribution in [2.75, 3.05) is 24.4 Å². The molecule has 0 radical (unpaired) electrons. The number of nitrogens with zero attached hydrogens (tertiary/aromatic N) is 1. The predicted molar refractivity (Wildman–Crippen MR) is 99.2 cm³/mol. The van der Waals surface area contributed by atoms with Crippen LogP contribution in [-0.2, 0) is 10.0 Å². The van der Waals surface area contributed by atoms with Crippen LogP contribution in [0.25, 0.3) is 0 Å². The van der Waals surface area contributed by atoms with Crippen LogP contribution in [0.3, 0.4) is 0 Å². The van der Waals surface area contributed by atoms with E-state index in [2.05, 4.69) is 5.32 Å². The fourth-order valence-electron chi connectivity index (χ4n) is 2.26. The molecule has 2 aromatic carbocycles. The lowest BCUT2D eigenvalue weighted by Crippen LogP contribution is -2.28. The fourth-order valence-corrected chi connectivity index (χ4v) is 3.50. The van der Waals surface area contributed by atoms with Gasteiger partial charge in [0, 0.05) is 19.2 Å². The van der Waals surface area contributed by atoms with E-state index in [0.717, 1.165) is 5.56 Å². The van der Waals surface area contributed by atoms with Gasteiger partial charge in [-0.25, -0.2) is 8.42 Å². The van der Waals surface area contributed by atoms with Gasteiger partial charge in [-0.05, 0) is 50.2 Å². The molecule has 0 heterocycles. The smallest absolute Gasteiger partial charge is 0.264 e. The number of hydrogen-bond donors (Lipinski definition) is 2. The topological polar surface area (TPSA) is 92.5 Å². The SMILES string of the molecule is Cc1ccc(N(C)S(=O)(=O)c2cccc(C(=O)NCCCN)c2)cc1. The Labute approximate surface area is 148 Å². The third-order valence-electron chi connectivity index (χ3n) is 3.82. The average Bonchev–Trinajstić information content (AvgIpc) is 2.62. The number of nitrogens with two attached hydrogens (primary N) is 1. The van der Waals surface area contributed by atoms with Crippen LogP contribution in [0.5, 0.6) is 0 Å². The van der Waals surface area contributed by atoms with Crippen molar-refractivity contribution in [3.63, 3.8) is 0 Å². The van der Waals surface area contributed by atoms with Gasteiger partial charge in [-0.1, -0.05) is 23.8 Å². The molecule has 0 atom stereocenters. The lowest BCUT2D eigenvalue weighted by molar-refractivity contribution is 0.0953. The van der Waals surface area contributed by atoms with Gasteiger partial charge in [-0.3, -0.25) is 9.10 Å². The Morgan fingerprint density at radius 2 is 1.84 bits per heavy atom. The number of nitrogens with one attached hydrogen (secondary N) is 1. The maximum absolute atomic E-state index is 12.8. The first-order valence-corrected chi connectivity index (χ1v) is 9.44. The minimum Gasteiger partial charge on any atom is -0.352 e. The molecule has 0 aliphatic carbocycles. The van der Waals surface area contributed by atoms with Crippen molar-refractivity contribution in [2.24, 2.45) is 5.73 Å². The first-order chi connectivity index (χ1) is 11.9. The second-order valence-electron chi connectivity index (χ2n) is 5.73. The molecule has 25 heavy (non-hydrogen) atoms. The zero-order valence-electron chi connectivity index (χ0n) is 14.4. The van der Waals surface area contributed by atoms with Gasteiger partial charge in [-0.2, -0.15) is 0 Å². The first kappa shape index (κ1) is 19.0. The number of carbonyl (C=O) groups is 1. The van der Waals surface area contributed by atoms with Crippen LogP contribution in [0.2, 0.25) is 0 Å². The van der Waals surface area contributed by atoms with Crippen molar-refractivity contribution in [1.82, 2.24) is 5.32 Å². The largest absolute Gasteiger partial charge is 0.352 e. The molecule has 0 bridgehead atoms. The molecule has 134 valence electrons. The quantitative estimate of drug-likeness (QED) is 0.737. The number of carbonyl (C=O) groups excluding carboxylic acids is 1. The lowest BCUT2D eigenvalue weighted by Gasteiger charge is -2.20. The Kier molecular flexibility index (Phi) is 6.17. The van der Waals surface area contributed by atoms with Crippen LogP contribution in [0.1, 0.15) is 22.3 Å². The second kappa shape index (κ2) is 8.13. The Balaban J connectivity index is 2.26. The Hall–Kier alpha value is -2.38. The zero-order valence-corrected chi connectivity index (χ0v) is 15.2. The molecule has 0 aliphatic rings. The number of anilines is 1. The van der Waals surface area contributed by atoms with Crippen LogP contribution >= 0.6 is 0 Å². The van der Waals surface area contributed by atoms with E-state index in [4.69, 9.17) is 5.73 Å². The van der Waals surface area contributed by atoms with Crippen LogP contribution in [0, 0.1) is 6.92 Å². The van der Waals surface area contributed by atoms with Gasteiger partial charge in [0.25, 0.3) is 15.9 Å². The second-order valence-corrected chi connectivity index (χ2v) is 7.70. The van der Waals surface area contributed by atoms with E-state index in [-0.39, 0.29) is 10.8 Å². The van der Waals surface area contributed by atoms with E-state index in [1.54, 1.807) is 24.3 Å². The van der Waals surface area contributed by atoms with E-state index in [1.807, 2.05) is 19.1 Å². The van der Waals surface area contributed by atoms with Gasteiger partial charge in [0.2, 0.25) is 0 Å². The van der Waals surface area contributed by atoms with Crippen molar-refractivity contribution in [3.8, 4) is 0 Å². The Bertz CT molecular complexity index is 833. The van der Waals surface area contributed by atoms with Crippen LogP contribution in [0.15, 0.2) is 53.4 Å². The van der Waals surface area contributed by atoms with E-state index < -0.39 is 10.0 Å². The molecule has 0 fully saturated rings. The molecule has 2 aromatic rings. The maximum Gasteiger partial charge on any atom is 0.264 e. The highest BCUT2D eigenvalue weighted by Gasteiger charge is 2.22. The summed E-state index contributed by atoms with van der Waals surface area (Å²) in [5.41, 5.74) is 7.30. The third-order valence-corrected chi connectivity index (χ3v) is 5.60. The summed E-state index contributed by atoms with van der Waals surface area (Å²) in [6, 6.07) is 13.2. The van der Waals surface area contributed by atoms with Crippen molar-refractivity contribution in [3.05, 3.63) is 59.7 Å². The number of sulfonamides is 1. The van der Waals surface area contributed by atoms with Crippen molar-refractivity contribution in [2.45, 2.75) is 18.2 Å². The van der Waals surface area contributed by atoms with Crippen LogP contribution in [0.4, 0.5) is 5.69 Å². The monoisotopic (exact) mass is 361 g/mol. The van der Waals surface area contributed by atoms with E-state index in [0.29, 0.717) is 30.8 Å². The molecule has 0 aliphatic heterocycles. The molecule has 0 saturated heterocycles. The Morgan fingerprint density at radius 3 is 2.48 bits per heavy atom. The highest BCUT2D eigenvalue weighted by atomic mass is 32.2. The van der Waals surface area contributed by atoms with Gasteiger partial charge in [0.1, 0.15) is 0 Å². The summed E-state index contributed by atoms with van der Waals surface area (Å²) < 4.78 is 26.9. The van der Waals surface area contributed by atoms with E-state index >= 15 is 0 Å². The molecule has 0 saturated carbocycles. The van der Waals surface area contributed by atoms with Gasteiger partial charge in [0.15, 0.2) is 0 Å². The number of rotatable bonds is 7. The number of amides is 1. The zero-order chi connectivity index (χ0) is 18.4. The maximum atomic E-state index is 12.8. The molecule has 2 rings (SSSR count). The standard InChI is InChI=1S/C18H23N3O3S/c1-14-7-9-16(10-8-14)21(2)25(23,24)17-6-3-5-15(13-17)18(22)20-12-4-11-19/h3,5-10,13H,4,11-12,19H2,1-2H3,(H,20,22). The summed E-state index contributed by atoms with van der Waals surface area (Å²) in [7, 11) is -2.26. The number of hydrogen-bond acceptors (Lipinski definition) is 4. The molecule has 0 aromatic heterocycles. The third kappa shape index (κ3) is 4.58. The minimum absolute atomic E-state index is 0.0713. The van der Waals surface area contributed by atoms with E-state index in [9.17, 15) is 13.2 Å². The normalized spacial score (nSPS) is 11.2. The summed E-state index contributed by atoms with van der Waals surface area (Å²) in [6.45, 7) is 2.87. The molecule has 0 unspecified atom stereocenters. The Morgan fingerprint density at radius 1 is 1.16 bits per heavy atom. The predicted octanol–water partition coefficient (Wildman–Crippen LogP) is 1.90. The summed E-state index contributed by atoms with van der Waals surface area (Å²) in [4.78, 5) is 12.2. The van der Waals surface area contributed by atoms with Crippen molar-refractivity contribution in [1.29, 1.82) is 0 Å². The van der Waals surface area contributed by atoms with Crippen molar-refractivity contribution >= 4 is 21.6 Å². The highest BCUT2D eigenvalue weighted by molar-refractivity contribution is 7.92. The highest BCUT2D eigenvalue weighted by Crippen LogP contribution is 2.23. The van der Waals surface area contributed by atoms with Crippen LogP contribution in [-0.4, -0.2) is 34.5 Å². The van der Waals surface area contributed by atoms with Crippen LogP contribution < -0.4 is 15.4 Å². The van der Waals surface area contributed by atoms with Gasteiger partial charge in [0.05, 0.1) is 10.6 Å². The summed E-state index contributed by atoms with van der Waals surface area (Å²) in [5, 5.41) is 2.72. The molecule has 0 spiro atoms. The average molecular weight is 361 g/mol. The first-order valence-electron chi connectivity index (χ1n) is 8.00. The summed E-state index contributed by atoms with van der Waals surface area (Å²) in [5.74, 6) is -0.316. The molecule has 3 N–H and O–H groups in total. The summed E-state index contributed by atoms with van der Waals surface area (Å²) >= 11 is 0. The minimum atomic E-state index is -3.75. The van der Waals surface area contributed by atoms with Crippen molar-refractivity contribution < 1.29 is 13.2 Å². The van der Waals surface area contributed by atoms with Gasteiger partial charge < -0.3 is 11.1 Å². The van der Waals surface area contributed by atoms with E-state index in [1.165, 1.54) is 23.5 Å². The molecule has 6 nitrogen and oxygen atoms in total. The molecule has 1 amide bonds. The number of benzene rings is 2. The summed E-state index contributed by atoms with van der Waals surface area (Å²) in [6.07, 6.45) is 0.667. The molecule has 7 heteroatoms. The molecular formula is C18H23N3O3S. The van der Waals surface area contributed by atoms with Gasteiger partial charge >= 0.3 is 0 Å². The lowest BCUT2D eigenvalue weighted by atomic mass is 10.2. The fraction of sp³-hybridized carbons (Fsp3) is 0.278. The number of aryl methyl sites for hydroxylation is 1. The van der Waals surface area contributed by atoms with Gasteiger partial charge in [-0.15, -0.1) is 0 Å².